The topological polar surface area (TPSA) is 71.3 Å². The zero-order valence-electron chi connectivity index (χ0n) is 15.4. The molecule has 3 N–H and O–H groups in total. The number of fused-ring (bicyclic) bond motifs is 1. The number of ether oxygens (including phenoxy) is 1. The Morgan fingerprint density at radius 1 is 1.42 bits per heavy atom. The largest absolute Gasteiger partial charge is 0.497 e. The van der Waals surface area contributed by atoms with Crippen LogP contribution in [0.1, 0.15) is 30.7 Å². The number of nitrogens with zero attached hydrogens (tertiary/aromatic N) is 1. The summed E-state index contributed by atoms with van der Waals surface area (Å²) in [5.74, 6) is 2.38. The lowest BCUT2D eigenvalue weighted by Gasteiger charge is -2.33. The second-order valence-electron chi connectivity index (χ2n) is 6.64. The van der Waals surface area contributed by atoms with E-state index < -0.39 is 0 Å². The summed E-state index contributed by atoms with van der Waals surface area (Å²) < 4.78 is 5.36. The lowest BCUT2D eigenvalue weighted by Crippen LogP contribution is -2.47. The quantitative estimate of drug-likeness (QED) is 0.783. The van der Waals surface area contributed by atoms with Crippen LogP contribution in [-0.2, 0) is 4.79 Å². The van der Waals surface area contributed by atoms with Gasteiger partial charge in [-0.15, -0.1) is 12.4 Å². The molecule has 1 unspecified atom stereocenters. The highest BCUT2D eigenvalue weighted by molar-refractivity contribution is 7.98. The number of halogens is 1. The van der Waals surface area contributed by atoms with Crippen molar-refractivity contribution < 1.29 is 9.53 Å². The Morgan fingerprint density at radius 3 is 2.81 bits per heavy atom. The first kappa shape index (κ1) is 20.9. The third-order valence-corrected chi connectivity index (χ3v) is 5.76. The summed E-state index contributed by atoms with van der Waals surface area (Å²) in [6.07, 6.45) is 6.85. The Kier molecular flexibility index (Phi) is 7.68. The van der Waals surface area contributed by atoms with Gasteiger partial charge < -0.3 is 20.4 Å². The first-order chi connectivity index (χ1) is 12.1. The van der Waals surface area contributed by atoms with E-state index in [1.165, 1.54) is 10.9 Å². The Bertz CT molecular complexity index is 729. The third kappa shape index (κ3) is 4.48. The fourth-order valence-corrected chi connectivity index (χ4v) is 4.09. The Labute approximate surface area is 165 Å². The van der Waals surface area contributed by atoms with Crippen LogP contribution in [-0.4, -0.2) is 54.0 Å². The number of methoxy groups -OCH3 is 1. The van der Waals surface area contributed by atoms with Gasteiger partial charge in [-0.05, 0) is 61.0 Å². The van der Waals surface area contributed by atoms with Crippen molar-refractivity contribution in [3.8, 4) is 5.75 Å². The molecule has 0 saturated carbocycles. The fraction of sp³-hybridized carbons (Fsp3) is 0.526. The number of thioether (sulfide) groups is 1. The molecule has 0 radical (unpaired) electrons. The first-order valence-electron chi connectivity index (χ1n) is 8.82. The third-order valence-electron chi connectivity index (χ3n) is 5.12. The highest BCUT2D eigenvalue weighted by Crippen LogP contribution is 2.34. The zero-order chi connectivity index (χ0) is 17.8. The fourth-order valence-electron chi connectivity index (χ4n) is 3.60. The standard InChI is InChI=1S/C19H27N3O2S.ClH/c1-24-14-3-4-18-15(11-14)16(12-21-18)13-5-8-22(9-6-13)19(23)17(20)7-10-25-2;/h3-4,11-13,17,21H,5-10,20H2,1-2H3;1H. The summed E-state index contributed by atoms with van der Waals surface area (Å²) in [6.45, 7) is 1.57. The number of H-pyrrole nitrogens is 1. The van der Waals surface area contributed by atoms with E-state index >= 15 is 0 Å². The average molecular weight is 398 g/mol. The smallest absolute Gasteiger partial charge is 0.239 e. The van der Waals surface area contributed by atoms with Crippen molar-refractivity contribution in [3.63, 3.8) is 0 Å². The summed E-state index contributed by atoms with van der Waals surface area (Å²) in [4.78, 5) is 17.8. The van der Waals surface area contributed by atoms with Crippen molar-refractivity contribution >= 4 is 41.0 Å². The zero-order valence-corrected chi connectivity index (χ0v) is 17.0. The average Bonchev–Trinajstić information content (AvgIpc) is 3.08. The van der Waals surface area contributed by atoms with E-state index in [9.17, 15) is 4.79 Å². The Hall–Kier alpha value is -1.37. The molecule has 2 heterocycles. The molecule has 7 heteroatoms. The molecule has 0 spiro atoms. The number of piperidine rings is 1. The monoisotopic (exact) mass is 397 g/mol. The molecule has 1 aromatic heterocycles. The maximum Gasteiger partial charge on any atom is 0.239 e. The van der Waals surface area contributed by atoms with Crippen LogP contribution < -0.4 is 10.5 Å². The van der Waals surface area contributed by atoms with Gasteiger partial charge in [0.25, 0.3) is 0 Å². The molecule has 1 aromatic carbocycles. The molecule has 2 aromatic rings. The van der Waals surface area contributed by atoms with E-state index in [-0.39, 0.29) is 24.4 Å². The molecule has 0 bridgehead atoms. The Balaban J connectivity index is 0.00000243. The SMILES string of the molecule is COc1ccc2[nH]cc(C3CCN(C(=O)C(N)CCSC)CC3)c2c1.Cl. The highest BCUT2D eigenvalue weighted by atomic mass is 35.5. The van der Waals surface area contributed by atoms with Crippen molar-refractivity contribution in [1.82, 2.24) is 9.88 Å². The van der Waals surface area contributed by atoms with Gasteiger partial charge in [0, 0.05) is 30.2 Å². The number of aromatic amines is 1. The number of aromatic nitrogens is 1. The second kappa shape index (κ2) is 9.53. The van der Waals surface area contributed by atoms with Crippen LogP contribution >= 0.6 is 24.2 Å². The van der Waals surface area contributed by atoms with E-state index in [0.29, 0.717) is 5.92 Å². The molecule has 1 fully saturated rings. The highest BCUT2D eigenvalue weighted by Gasteiger charge is 2.27. The predicted molar refractivity (Wildman–Crippen MR) is 112 cm³/mol. The molecule has 0 aliphatic carbocycles. The van der Waals surface area contributed by atoms with Crippen LogP contribution in [0.15, 0.2) is 24.4 Å². The second-order valence-corrected chi connectivity index (χ2v) is 7.63. The van der Waals surface area contributed by atoms with Crippen LogP contribution in [0.2, 0.25) is 0 Å². The minimum Gasteiger partial charge on any atom is -0.497 e. The number of hydrogen-bond donors (Lipinski definition) is 2. The Morgan fingerprint density at radius 2 is 2.15 bits per heavy atom. The molecular weight excluding hydrogens is 370 g/mol. The molecule has 1 aliphatic heterocycles. The minimum atomic E-state index is -0.360. The summed E-state index contributed by atoms with van der Waals surface area (Å²) in [5, 5.41) is 1.22. The van der Waals surface area contributed by atoms with Gasteiger partial charge in [0.15, 0.2) is 0 Å². The number of amides is 1. The van der Waals surface area contributed by atoms with Crippen molar-refractivity contribution in [3.05, 3.63) is 30.0 Å². The van der Waals surface area contributed by atoms with E-state index in [1.54, 1.807) is 18.9 Å². The molecule has 144 valence electrons. The summed E-state index contributed by atoms with van der Waals surface area (Å²) in [5.41, 5.74) is 8.51. The van der Waals surface area contributed by atoms with Gasteiger partial charge in [0.2, 0.25) is 5.91 Å². The van der Waals surface area contributed by atoms with Gasteiger partial charge in [-0.25, -0.2) is 0 Å². The van der Waals surface area contributed by atoms with Gasteiger partial charge >= 0.3 is 0 Å². The van der Waals surface area contributed by atoms with Crippen LogP contribution in [0.25, 0.3) is 10.9 Å². The summed E-state index contributed by atoms with van der Waals surface area (Å²) in [6, 6.07) is 5.76. The first-order valence-corrected chi connectivity index (χ1v) is 10.2. The van der Waals surface area contributed by atoms with Crippen molar-refractivity contribution in [2.24, 2.45) is 5.73 Å². The van der Waals surface area contributed by atoms with Gasteiger partial charge in [-0.2, -0.15) is 11.8 Å². The number of hydrogen-bond acceptors (Lipinski definition) is 4. The lowest BCUT2D eigenvalue weighted by molar-refractivity contribution is -0.133. The molecule has 1 saturated heterocycles. The molecular formula is C19H28ClN3O2S. The number of nitrogens with one attached hydrogen (secondary N) is 1. The molecule has 1 atom stereocenters. The van der Waals surface area contributed by atoms with Gasteiger partial charge in [-0.1, -0.05) is 0 Å². The van der Waals surface area contributed by atoms with Crippen LogP contribution in [0, 0.1) is 0 Å². The summed E-state index contributed by atoms with van der Waals surface area (Å²) >= 11 is 1.73. The van der Waals surface area contributed by atoms with Crippen LogP contribution in [0.4, 0.5) is 0 Å². The van der Waals surface area contributed by atoms with Gasteiger partial charge in [-0.3, -0.25) is 4.79 Å². The number of likely N-dealkylation sites (tertiary alicyclic amines) is 1. The normalized spacial score (nSPS) is 16.3. The molecule has 3 rings (SSSR count). The molecule has 26 heavy (non-hydrogen) atoms. The number of carbonyl (C=O) groups is 1. The van der Waals surface area contributed by atoms with E-state index in [0.717, 1.165) is 49.4 Å². The summed E-state index contributed by atoms with van der Waals surface area (Å²) in [7, 11) is 1.69. The van der Waals surface area contributed by atoms with E-state index in [1.807, 2.05) is 17.2 Å². The van der Waals surface area contributed by atoms with E-state index in [4.69, 9.17) is 10.5 Å². The predicted octanol–water partition coefficient (Wildman–Crippen LogP) is 3.38. The van der Waals surface area contributed by atoms with Crippen molar-refractivity contribution in [2.75, 3.05) is 32.2 Å². The maximum atomic E-state index is 12.5. The molecule has 1 amide bonds. The number of rotatable bonds is 6. The van der Waals surface area contributed by atoms with Gasteiger partial charge in [0.1, 0.15) is 5.75 Å². The van der Waals surface area contributed by atoms with E-state index in [2.05, 4.69) is 23.3 Å². The minimum absolute atomic E-state index is 0. The number of nitrogens with two attached hydrogens (primary N) is 1. The van der Waals surface area contributed by atoms with Gasteiger partial charge in [0.05, 0.1) is 13.2 Å². The lowest BCUT2D eigenvalue weighted by atomic mass is 9.89. The number of carbonyl (C=O) groups excluding carboxylic acids is 1. The number of benzene rings is 1. The van der Waals surface area contributed by atoms with Crippen LogP contribution in [0.5, 0.6) is 5.75 Å². The maximum absolute atomic E-state index is 12.5. The van der Waals surface area contributed by atoms with Crippen molar-refractivity contribution in [1.29, 1.82) is 0 Å². The van der Waals surface area contributed by atoms with Crippen LogP contribution in [0.3, 0.4) is 0 Å². The molecule has 5 nitrogen and oxygen atoms in total. The van der Waals surface area contributed by atoms with Crippen molar-refractivity contribution in [2.45, 2.75) is 31.2 Å². The molecule has 1 aliphatic rings.